The van der Waals surface area contributed by atoms with Gasteiger partial charge < -0.3 is 8.98 Å². The first-order chi connectivity index (χ1) is 21.6. The SMILES string of the molecule is CC1(C)c2ccccc2-c2ccc(N(c3ccc4c(c3)c3ccccc3n4-c3ccc4occc4c3)c3ccncn3)cc21. The third-order valence-electron chi connectivity index (χ3n) is 9.23. The molecule has 0 radical (unpaired) electrons. The Bertz CT molecular complexity index is 2380. The molecule has 0 N–H and O–H groups in total. The molecule has 5 heteroatoms. The van der Waals surface area contributed by atoms with Crippen LogP contribution in [0.5, 0.6) is 0 Å². The van der Waals surface area contributed by atoms with E-state index in [9.17, 15) is 0 Å². The van der Waals surface area contributed by atoms with Crippen molar-refractivity contribution in [3.8, 4) is 16.8 Å². The predicted molar refractivity (Wildman–Crippen MR) is 178 cm³/mol. The minimum Gasteiger partial charge on any atom is -0.464 e. The first kappa shape index (κ1) is 24.9. The Morgan fingerprint density at radius 3 is 2.39 bits per heavy atom. The van der Waals surface area contributed by atoms with Crippen LogP contribution in [0.2, 0.25) is 0 Å². The Morgan fingerprint density at radius 2 is 1.48 bits per heavy atom. The third kappa shape index (κ3) is 3.53. The predicted octanol–water partition coefficient (Wildman–Crippen LogP) is 10.1. The molecule has 5 aromatic carbocycles. The zero-order valence-electron chi connectivity index (χ0n) is 24.4. The van der Waals surface area contributed by atoms with Crippen LogP contribution in [0.15, 0.2) is 138 Å². The van der Waals surface area contributed by atoms with Gasteiger partial charge in [0.15, 0.2) is 0 Å². The van der Waals surface area contributed by atoms with Gasteiger partial charge in [-0.1, -0.05) is 62.4 Å². The zero-order chi connectivity index (χ0) is 29.4. The van der Waals surface area contributed by atoms with Gasteiger partial charge in [0.05, 0.1) is 17.3 Å². The molecule has 3 heterocycles. The molecule has 0 bridgehead atoms. The van der Waals surface area contributed by atoms with Gasteiger partial charge in [-0.15, -0.1) is 0 Å². The van der Waals surface area contributed by atoms with Crippen molar-refractivity contribution in [2.45, 2.75) is 19.3 Å². The summed E-state index contributed by atoms with van der Waals surface area (Å²) in [7, 11) is 0. The lowest BCUT2D eigenvalue weighted by Gasteiger charge is -2.27. The fraction of sp³-hybridized carbons (Fsp3) is 0.0769. The summed E-state index contributed by atoms with van der Waals surface area (Å²) in [6.45, 7) is 4.64. The van der Waals surface area contributed by atoms with Crippen LogP contribution in [-0.2, 0) is 5.41 Å². The van der Waals surface area contributed by atoms with Crippen molar-refractivity contribution >= 4 is 50.0 Å². The molecular weight excluding hydrogens is 540 g/mol. The number of fused-ring (bicyclic) bond motifs is 7. The lowest BCUT2D eigenvalue weighted by atomic mass is 9.82. The number of aromatic nitrogens is 3. The first-order valence-corrected chi connectivity index (χ1v) is 14.9. The van der Waals surface area contributed by atoms with Crippen molar-refractivity contribution in [2.24, 2.45) is 0 Å². The zero-order valence-corrected chi connectivity index (χ0v) is 24.4. The number of hydrogen-bond acceptors (Lipinski definition) is 4. The minimum absolute atomic E-state index is 0.104. The minimum atomic E-state index is -0.104. The van der Waals surface area contributed by atoms with E-state index in [1.807, 2.05) is 18.2 Å². The lowest BCUT2D eigenvalue weighted by molar-refractivity contribution is 0.616. The average molecular weight is 569 g/mol. The quantitative estimate of drug-likeness (QED) is 0.212. The van der Waals surface area contributed by atoms with Gasteiger partial charge in [-0.2, -0.15) is 0 Å². The molecule has 0 amide bonds. The Morgan fingerprint density at radius 1 is 0.682 bits per heavy atom. The monoisotopic (exact) mass is 568 g/mol. The van der Waals surface area contributed by atoms with E-state index < -0.39 is 0 Å². The van der Waals surface area contributed by atoms with Crippen molar-refractivity contribution in [3.05, 3.63) is 145 Å². The van der Waals surface area contributed by atoms with Gasteiger partial charge in [-0.25, -0.2) is 9.97 Å². The molecule has 0 atom stereocenters. The highest BCUT2D eigenvalue weighted by atomic mass is 16.3. The largest absolute Gasteiger partial charge is 0.464 e. The third-order valence-corrected chi connectivity index (χ3v) is 9.23. The van der Waals surface area contributed by atoms with Gasteiger partial charge in [0.1, 0.15) is 17.7 Å². The number of anilines is 3. The summed E-state index contributed by atoms with van der Waals surface area (Å²) in [5, 5.41) is 3.46. The van der Waals surface area contributed by atoms with Crippen molar-refractivity contribution in [1.29, 1.82) is 0 Å². The van der Waals surface area contributed by atoms with Crippen molar-refractivity contribution in [2.75, 3.05) is 4.90 Å². The number of benzene rings is 5. The normalized spacial score (nSPS) is 13.4. The number of rotatable bonds is 4. The molecular formula is C39H28N4O. The summed E-state index contributed by atoms with van der Waals surface area (Å²) in [6.07, 6.45) is 5.16. The Balaban J connectivity index is 1.25. The van der Waals surface area contributed by atoms with Crippen LogP contribution >= 0.6 is 0 Å². The molecule has 0 unspecified atom stereocenters. The highest BCUT2D eigenvalue weighted by Crippen LogP contribution is 2.50. The van der Waals surface area contributed by atoms with Crippen LogP contribution in [0.25, 0.3) is 49.6 Å². The molecule has 9 rings (SSSR count). The van der Waals surface area contributed by atoms with Crippen molar-refractivity contribution in [3.63, 3.8) is 0 Å². The van der Waals surface area contributed by atoms with Crippen LogP contribution < -0.4 is 4.90 Å². The van der Waals surface area contributed by atoms with Crippen LogP contribution in [0, 0.1) is 0 Å². The molecule has 0 fully saturated rings. The van der Waals surface area contributed by atoms with E-state index in [1.165, 1.54) is 33.0 Å². The second kappa shape index (κ2) is 9.16. The van der Waals surface area contributed by atoms with E-state index in [1.54, 1.807) is 18.8 Å². The van der Waals surface area contributed by atoms with E-state index in [-0.39, 0.29) is 5.41 Å². The van der Waals surface area contributed by atoms with Crippen LogP contribution in [0.4, 0.5) is 17.2 Å². The second-order valence-corrected chi connectivity index (χ2v) is 12.0. The first-order valence-electron chi connectivity index (χ1n) is 14.9. The maximum atomic E-state index is 5.63. The Hall–Kier alpha value is -5.68. The fourth-order valence-corrected chi connectivity index (χ4v) is 7.13. The molecule has 5 nitrogen and oxygen atoms in total. The van der Waals surface area contributed by atoms with E-state index in [0.717, 1.165) is 44.9 Å². The van der Waals surface area contributed by atoms with Crippen LogP contribution in [0.1, 0.15) is 25.0 Å². The van der Waals surface area contributed by atoms with Gasteiger partial charge in [-0.3, -0.25) is 4.90 Å². The number of para-hydroxylation sites is 1. The summed E-state index contributed by atoms with van der Waals surface area (Å²) >= 11 is 0. The lowest BCUT2D eigenvalue weighted by Crippen LogP contribution is -2.17. The maximum absolute atomic E-state index is 5.63. The van der Waals surface area contributed by atoms with E-state index >= 15 is 0 Å². The van der Waals surface area contributed by atoms with Crippen LogP contribution in [0.3, 0.4) is 0 Å². The van der Waals surface area contributed by atoms with Gasteiger partial charge in [0.25, 0.3) is 0 Å². The Labute approximate surface area is 254 Å². The van der Waals surface area contributed by atoms with E-state index in [4.69, 9.17) is 9.40 Å². The molecule has 8 aromatic rings. The number of nitrogens with zero attached hydrogens (tertiary/aromatic N) is 4. The topological polar surface area (TPSA) is 47.1 Å². The summed E-state index contributed by atoms with van der Waals surface area (Å²) in [4.78, 5) is 11.2. The van der Waals surface area contributed by atoms with E-state index in [2.05, 4.69) is 125 Å². The molecule has 0 saturated carbocycles. The van der Waals surface area contributed by atoms with Gasteiger partial charge >= 0.3 is 0 Å². The van der Waals surface area contributed by atoms with Gasteiger partial charge in [-0.05, 0) is 89.0 Å². The molecule has 0 saturated heterocycles. The Kier molecular flexibility index (Phi) is 5.18. The molecule has 44 heavy (non-hydrogen) atoms. The molecule has 210 valence electrons. The second-order valence-electron chi connectivity index (χ2n) is 12.0. The maximum Gasteiger partial charge on any atom is 0.140 e. The summed E-state index contributed by atoms with van der Waals surface area (Å²) in [5.74, 6) is 0.821. The average Bonchev–Trinajstić information content (AvgIpc) is 3.73. The summed E-state index contributed by atoms with van der Waals surface area (Å²) < 4.78 is 7.96. The summed E-state index contributed by atoms with van der Waals surface area (Å²) in [5.41, 5.74) is 11.6. The number of hydrogen-bond donors (Lipinski definition) is 0. The molecule has 3 aromatic heterocycles. The van der Waals surface area contributed by atoms with E-state index in [0.29, 0.717) is 0 Å². The fourth-order valence-electron chi connectivity index (χ4n) is 7.13. The molecule has 0 spiro atoms. The van der Waals surface area contributed by atoms with Gasteiger partial charge in [0, 0.05) is 44.8 Å². The highest BCUT2D eigenvalue weighted by molar-refractivity contribution is 6.11. The highest BCUT2D eigenvalue weighted by Gasteiger charge is 2.35. The van der Waals surface area contributed by atoms with Gasteiger partial charge in [0.2, 0.25) is 0 Å². The van der Waals surface area contributed by atoms with Crippen LogP contribution in [-0.4, -0.2) is 14.5 Å². The standard InChI is InChI=1S/C39H28N4O/c1-39(2)33-9-5-3-7-29(33)30-14-11-28(23-34(30)39)42(38-17-19-40-24-41-38)27-12-15-36-32(22-27)31-8-4-6-10-35(31)43(36)26-13-16-37-25(21-26)18-20-44-37/h3-24H,1-2H3. The smallest absolute Gasteiger partial charge is 0.140 e. The molecule has 1 aliphatic rings. The molecule has 1 aliphatic carbocycles. The van der Waals surface area contributed by atoms with Crippen molar-refractivity contribution in [1.82, 2.24) is 14.5 Å². The van der Waals surface area contributed by atoms with Crippen molar-refractivity contribution < 1.29 is 4.42 Å². The molecule has 0 aliphatic heterocycles. The number of furan rings is 1. The summed E-state index contributed by atoms with van der Waals surface area (Å²) in [6, 6.07) is 41.3.